The molecule has 1 aliphatic rings. The molecule has 0 aliphatic carbocycles. The summed E-state index contributed by atoms with van der Waals surface area (Å²) >= 11 is 0. The Morgan fingerprint density at radius 2 is 1.61 bits per heavy atom. The first-order chi connectivity index (χ1) is 14.8. The van der Waals surface area contributed by atoms with E-state index in [9.17, 15) is 15.0 Å². The Morgan fingerprint density at radius 1 is 1.06 bits per heavy atom. The van der Waals surface area contributed by atoms with E-state index in [1.54, 1.807) is 0 Å². The summed E-state index contributed by atoms with van der Waals surface area (Å²) in [5.74, 6) is 0. The van der Waals surface area contributed by atoms with Gasteiger partial charge in [-0.05, 0) is 41.1 Å². The summed E-state index contributed by atoms with van der Waals surface area (Å²) in [4.78, 5) is 13.1. The van der Waals surface area contributed by atoms with E-state index < -0.39 is 19.9 Å². The van der Waals surface area contributed by atoms with Crippen LogP contribution in [0, 0.1) is 0 Å². The minimum Gasteiger partial charge on any atom is -0.465 e. The Kier molecular flexibility index (Phi) is 7.24. The second kappa shape index (κ2) is 9.55. The minimum absolute atomic E-state index is 0.0924. The van der Waals surface area contributed by atoms with Crippen LogP contribution in [0.25, 0.3) is 0 Å². The van der Waals surface area contributed by atoms with Gasteiger partial charge in [0.05, 0.1) is 12.1 Å². The Balaban J connectivity index is 1.86. The van der Waals surface area contributed by atoms with Gasteiger partial charge in [0.25, 0.3) is 8.32 Å². The lowest BCUT2D eigenvalue weighted by Crippen LogP contribution is -2.66. The van der Waals surface area contributed by atoms with Crippen molar-refractivity contribution < 1.29 is 19.4 Å². The molecule has 1 unspecified atom stereocenters. The Morgan fingerprint density at radius 3 is 2.06 bits per heavy atom. The summed E-state index contributed by atoms with van der Waals surface area (Å²) in [5.41, 5.74) is -0.680. The summed E-state index contributed by atoms with van der Waals surface area (Å²) in [6.45, 7) is 7.62. The van der Waals surface area contributed by atoms with Gasteiger partial charge in [0.2, 0.25) is 0 Å². The number of amides is 1. The average Bonchev–Trinajstić information content (AvgIpc) is 3.19. The number of benzene rings is 2. The monoisotopic (exact) mass is 441 g/mol. The predicted molar refractivity (Wildman–Crippen MR) is 127 cm³/mol. The molecule has 0 saturated carbocycles. The second-order valence-electron chi connectivity index (χ2n) is 9.54. The highest BCUT2D eigenvalue weighted by Crippen LogP contribution is 2.38. The standard InChI is InChI=1S/C25H35NO4Si/c1-24(2,3)31(21-12-6-4-7-13-21,22-14-8-5-9-15-22)30-19-11-17-25(20-27)16-10-18-26(25)23(28)29/h4-9,12-15,27H,10-11,16-20H2,1-3H3,(H,28,29). The van der Waals surface area contributed by atoms with Gasteiger partial charge in [-0.2, -0.15) is 0 Å². The van der Waals surface area contributed by atoms with E-state index >= 15 is 0 Å². The van der Waals surface area contributed by atoms with Crippen molar-refractivity contribution in [1.82, 2.24) is 4.90 Å². The predicted octanol–water partition coefficient (Wildman–Crippen LogP) is 3.85. The molecule has 1 saturated heterocycles. The van der Waals surface area contributed by atoms with Crippen LogP contribution >= 0.6 is 0 Å². The molecule has 1 aliphatic heterocycles. The van der Waals surface area contributed by atoms with Gasteiger partial charge in [-0.1, -0.05) is 81.4 Å². The van der Waals surface area contributed by atoms with Gasteiger partial charge < -0.3 is 19.5 Å². The molecule has 1 fully saturated rings. The number of carbonyl (C=O) groups is 1. The summed E-state index contributed by atoms with van der Waals surface area (Å²) < 4.78 is 6.90. The third-order valence-corrected chi connectivity index (χ3v) is 11.7. The Bertz CT molecular complexity index is 813. The molecule has 0 spiro atoms. The van der Waals surface area contributed by atoms with Gasteiger partial charge in [-0.25, -0.2) is 4.79 Å². The number of carboxylic acid groups (broad SMARTS) is 1. The Hall–Kier alpha value is -2.15. The van der Waals surface area contributed by atoms with E-state index in [-0.39, 0.29) is 11.6 Å². The van der Waals surface area contributed by atoms with Crippen LogP contribution in [0.5, 0.6) is 0 Å². The number of likely N-dealkylation sites (tertiary alicyclic amines) is 1. The van der Waals surface area contributed by atoms with Gasteiger partial charge in [0.1, 0.15) is 0 Å². The lowest BCUT2D eigenvalue weighted by molar-refractivity contribution is 0.0503. The molecule has 1 amide bonds. The molecule has 31 heavy (non-hydrogen) atoms. The lowest BCUT2D eigenvalue weighted by atomic mass is 9.91. The highest BCUT2D eigenvalue weighted by Gasteiger charge is 2.50. The van der Waals surface area contributed by atoms with Crippen molar-refractivity contribution in [3.63, 3.8) is 0 Å². The van der Waals surface area contributed by atoms with Crippen LogP contribution in [-0.4, -0.2) is 54.8 Å². The fraction of sp³-hybridized carbons (Fsp3) is 0.480. The van der Waals surface area contributed by atoms with Crippen LogP contribution in [0.2, 0.25) is 5.04 Å². The molecule has 0 bridgehead atoms. The molecule has 0 radical (unpaired) electrons. The normalized spacial score (nSPS) is 19.5. The molecule has 0 aromatic heterocycles. The number of hydrogen-bond donors (Lipinski definition) is 2. The van der Waals surface area contributed by atoms with Crippen molar-refractivity contribution >= 4 is 24.8 Å². The number of nitrogens with zero attached hydrogens (tertiary/aromatic N) is 1. The topological polar surface area (TPSA) is 70.0 Å². The third-order valence-electron chi connectivity index (χ3n) is 6.64. The zero-order valence-corrected chi connectivity index (χ0v) is 19.9. The van der Waals surface area contributed by atoms with Crippen molar-refractivity contribution in [3.8, 4) is 0 Å². The van der Waals surface area contributed by atoms with Crippen molar-refractivity contribution in [1.29, 1.82) is 0 Å². The highest BCUT2D eigenvalue weighted by atomic mass is 28.4. The summed E-state index contributed by atoms with van der Waals surface area (Å²) in [6.07, 6.45) is 1.86. The molecule has 1 atom stereocenters. The fourth-order valence-electron chi connectivity index (χ4n) is 5.13. The third kappa shape index (κ3) is 4.56. The number of aliphatic hydroxyl groups excluding tert-OH is 1. The van der Waals surface area contributed by atoms with E-state index in [4.69, 9.17) is 4.43 Å². The van der Waals surface area contributed by atoms with Gasteiger partial charge in [-0.15, -0.1) is 0 Å². The van der Waals surface area contributed by atoms with E-state index in [0.29, 0.717) is 32.4 Å². The highest BCUT2D eigenvalue weighted by molar-refractivity contribution is 6.99. The largest absolute Gasteiger partial charge is 0.465 e. The molecule has 2 aromatic rings. The maximum atomic E-state index is 11.7. The van der Waals surface area contributed by atoms with Gasteiger partial charge >= 0.3 is 6.09 Å². The van der Waals surface area contributed by atoms with Crippen LogP contribution in [0.4, 0.5) is 4.79 Å². The van der Waals surface area contributed by atoms with Crippen LogP contribution in [-0.2, 0) is 4.43 Å². The molecule has 6 heteroatoms. The molecule has 3 rings (SSSR count). The molecule has 1 heterocycles. The van der Waals surface area contributed by atoms with Crippen LogP contribution < -0.4 is 10.4 Å². The molecular weight excluding hydrogens is 406 g/mol. The van der Waals surface area contributed by atoms with E-state index in [1.165, 1.54) is 15.3 Å². The fourth-order valence-corrected chi connectivity index (χ4v) is 9.73. The smallest absolute Gasteiger partial charge is 0.407 e. The number of hydrogen-bond acceptors (Lipinski definition) is 3. The maximum absolute atomic E-state index is 11.7. The first-order valence-corrected chi connectivity index (χ1v) is 13.0. The van der Waals surface area contributed by atoms with Crippen LogP contribution in [0.15, 0.2) is 60.7 Å². The van der Waals surface area contributed by atoms with Crippen molar-refractivity contribution in [2.24, 2.45) is 0 Å². The van der Waals surface area contributed by atoms with Crippen molar-refractivity contribution in [3.05, 3.63) is 60.7 Å². The zero-order valence-electron chi connectivity index (χ0n) is 18.9. The summed E-state index contributed by atoms with van der Waals surface area (Å²) in [7, 11) is -2.59. The molecular formula is C25H35NO4Si. The second-order valence-corrected chi connectivity index (χ2v) is 13.8. The summed E-state index contributed by atoms with van der Waals surface area (Å²) in [6, 6.07) is 21.0. The van der Waals surface area contributed by atoms with Crippen LogP contribution in [0.1, 0.15) is 46.5 Å². The van der Waals surface area contributed by atoms with E-state index in [1.807, 2.05) is 12.1 Å². The first-order valence-electron chi connectivity index (χ1n) is 11.1. The maximum Gasteiger partial charge on any atom is 0.407 e. The molecule has 168 valence electrons. The SMILES string of the molecule is CC(C)(C)[Si](OCCCC1(CO)CCCN1C(=O)O)(c1ccccc1)c1ccccc1. The summed E-state index contributed by atoms with van der Waals surface area (Å²) in [5, 5.41) is 22.0. The molecule has 5 nitrogen and oxygen atoms in total. The minimum atomic E-state index is -2.59. The number of rotatable bonds is 8. The van der Waals surface area contributed by atoms with E-state index in [2.05, 4.69) is 69.3 Å². The lowest BCUT2D eigenvalue weighted by Gasteiger charge is -2.43. The van der Waals surface area contributed by atoms with Crippen LogP contribution in [0.3, 0.4) is 0 Å². The van der Waals surface area contributed by atoms with Gasteiger partial charge in [-0.3, -0.25) is 0 Å². The molecule has 2 aromatic carbocycles. The Labute approximate surface area is 186 Å². The zero-order chi connectivity index (χ0) is 22.5. The van der Waals surface area contributed by atoms with Crippen molar-refractivity contribution in [2.75, 3.05) is 19.8 Å². The average molecular weight is 442 g/mol. The molecule has 2 N–H and O–H groups in total. The van der Waals surface area contributed by atoms with Gasteiger partial charge in [0.15, 0.2) is 0 Å². The van der Waals surface area contributed by atoms with Crippen molar-refractivity contribution in [2.45, 2.75) is 57.0 Å². The van der Waals surface area contributed by atoms with E-state index in [0.717, 1.165) is 6.42 Å². The van der Waals surface area contributed by atoms with Gasteiger partial charge in [0, 0.05) is 13.2 Å². The quantitative estimate of drug-likeness (QED) is 0.482. The first kappa shape index (κ1) is 23.5. The number of aliphatic hydroxyl groups is 1.